The summed E-state index contributed by atoms with van der Waals surface area (Å²) < 4.78 is 0. The second-order valence-electron chi connectivity index (χ2n) is 4.88. The summed E-state index contributed by atoms with van der Waals surface area (Å²) >= 11 is 5.90. The summed E-state index contributed by atoms with van der Waals surface area (Å²) in [6, 6.07) is 0.154. The summed E-state index contributed by atoms with van der Waals surface area (Å²) in [7, 11) is 0. The van der Waals surface area contributed by atoms with Gasteiger partial charge in [0, 0.05) is 12.1 Å². The zero-order chi connectivity index (χ0) is 15.7. The second-order valence-corrected chi connectivity index (χ2v) is 5.29. The average molecular weight is 313 g/mol. The van der Waals surface area contributed by atoms with Crippen molar-refractivity contribution in [1.29, 1.82) is 0 Å². The topological polar surface area (TPSA) is 105 Å². The first-order chi connectivity index (χ1) is 9.81. The van der Waals surface area contributed by atoms with Crippen LogP contribution in [0.3, 0.4) is 0 Å². The van der Waals surface area contributed by atoms with E-state index < -0.39 is 11.0 Å². The van der Waals surface area contributed by atoms with Crippen molar-refractivity contribution in [1.82, 2.24) is 9.88 Å². The molecule has 0 spiro atoms. The van der Waals surface area contributed by atoms with E-state index in [1.165, 1.54) is 4.90 Å². The first kappa shape index (κ1) is 15.2. The Hall–Kier alpha value is -2.22. The summed E-state index contributed by atoms with van der Waals surface area (Å²) in [5.74, 6) is -0.490. The number of carbonyl (C=O) groups excluding carboxylic acids is 2. The number of hydrogen-bond acceptors (Lipinski definition) is 6. The Morgan fingerprint density at radius 1 is 1.52 bits per heavy atom. The van der Waals surface area contributed by atoms with Crippen LogP contribution in [-0.4, -0.2) is 38.7 Å². The van der Waals surface area contributed by atoms with E-state index >= 15 is 0 Å². The van der Waals surface area contributed by atoms with Crippen LogP contribution in [0.2, 0.25) is 5.02 Å². The molecule has 1 aliphatic heterocycles. The maximum absolute atomic E-state index is 12.1. The molecule has 0 radical (unpaired) electrons. The number of nitrogens with zero attached hydrogens (tertiary/aromatic N) is 3. The number of pyridine rings is 1. The first-order valence-electron chi connectivity index (χ1n) is 6.23. The average Bonchev–Trinajstić information content (AvgIpc) is 2.66. The van der Waals surface area contributed by atoms with Crippen LogP contribution in [0.5, 0.6) is 0 Å². The maximum Gasteiger partial charge on any atom is 0.289 e. The quantitative estimate of drug-likeness (QED) is 0.514. The highest BCUT2D eigenvalue weighted by Gasteiger charge is 2.40. The number of nitro groups is 1. The Balaban J connectivity index is 2.18. The highest BCUT2D eigenvalue weighted by molar-refractivity contribution is 6.33. The van der Waals surface area contributed by atoms with Crippen LogP contribution in [0.15, 0.2) is 12.3 Å². The first-order valence-corrected chi connectivity index (χ1v) is 6.61. The molecule has 8 nitrogen and oxygen atoms in total. The zero-order valence-corrected chi connectivity index (χ0v) is 12.1. The van der Waals surface area contributed by atoms with Crippen LogP contribution in [0.4, 0.5) is 11.5 Å². The van der Waals surface area contributed by atoms with Crippen molar-refractivity contribution in [3.8, 4) is 0 Å². The largest absolute Gasteiger partial charge is 0.357 e. The molecule has 1 unspecified atom stereocenters. The third-order valence-corrected chi connectivity index (χ3v) is 3.34. The van der Waals surface area contributed by atoms with E-state index in [4.69, 9.17) is 11.6 Å². The van der Waals surface area contributed by atoms with Gasteiger partial charge in [0.2, 0.25) is 5.91 Å². The van der Waals surface area contributed by atoms with Gasteiger partial charge in [0.15, 0.2) is 0 Å². The van der Waals surface area contributed by atoms with Gasteiger partial charge < -0.3 is 5.32 Å². The van der Waals surface area contributed by atoms with Crippen molar-refractivity contribution < 1.29 is 14.5 Å². The summed E-state index contributed by atoms with van der Waals surface area (Å²) in [6.45, 7) is 3.49. The van der Waals surface area contributed by atoms with Gasteiger partial charge in [-0.05, 0) is 13.8 Å². The fourth-order valence-corrected chi connectivity index (χ4v) is 2.32. The minimum absolute atomic E-state index is 0.00596. The maximum atomic E-state index is 12.1. The molecular weight excluding hydrogens is 300 g/mol. The van der Waals surface area contributed by atoms with Crippen LogP contribution < -0.4 is 5.32 Å². The van der Waals surface area contributed by atoms with Crippen molar-refractivity contribution in [2.75, 3.05) is 5.32 Å². The zero-order valence-electron chi connectivity index (χ0n) is 11.4. The van der Waals surface area contributed by atoms with Crippen LogP contribution >= 0.6 is 11.6 Å². The van der Waals surface area contributed by atoms with Gasteiger partial charge in [-0.15, -0.1) is 0 Å². The number of carbonyl (C=O) groups is 2. The van der Waals surface area contributed by atoms with E-state index in [-0.39, 0.29) is 40.8 Å². The van der Waals surface area contributed by atoms with Crippen LogP contribution in [-0.2, 0) is 9.59 Å². The van der Waals surface area contributed by atoms with E-state index in [2.05, 4.69) is 10.3 Å². The molecule has 1 aromatic heterocycles. The summed E-state index contributed by atoms with van der Waals surface area (Å²) in [5.41, 5.74) is -0.247. The van der Waals surface area contributed by atoms with Gasteiger partial charge in [-0.2, -0.15) is 0 Å². The van der Waals surface area contributed by atoms with E-state index in [9.17, 15) is 19.7 Å². The Bertz CT molecular complexity index is 619. The summed E-state index contributed by atoms with van der Waals surface area (Å²) in [4.78, 5) is 38.9. The molecule has 9 heteroatoms. The molecule has 2 heterocycles. The van der Waals surface area contributed by atoms with Crippen molar-refractivity contribution in [3.63, 3.8) is 0 Å². The molecule has 1 aromatic rings. The predicted octanol–water partition coefficient (Wildman–Crippen LogP) is 1.59. The van der Waals surface area contributed by atoms with Gasteiger partial charge in [-0.1, -0.05) is 11.6 Å². The molecule has 0 aliphatic carbocycles. The normalized spacial score (nSPS) is 18.5. The lowest BCUT2D eigenvalue weighted by Gasteiger charge is -2.19. The molecule has 1 atom stereocenters. The highest BCUT2D eigenvalue weighted by Crippen LogP contribution is 2.26. The summed E-state index contributed by atoms with van der Waals surface area (Å²) in [6.07, 6.45) is 1.04. The number of rotatable bonds is 4. The smallest absolute Gasteiger partial charge is 0.289 e. The fraction of sp³-hybridized carbons (Fsp3) is 0.417. The van der Waals surface area contributed by atoms with Crippen molar-refractivity contribution >= 4 is 34.9 Å². The number of amides is 2. The van der Waals surface area contributed by atoms with Gasteiger partial charge in [-0.25, -0.2) is 4.98 Å². The standard InChI is InChI=1S/C12H13ClN4O4/c1-6(2)16-10(18)4-9(12(16)19)15-11-8(13)3-7(5-14-11)17(20)21/h3,5-6,9H,4H2,1-2H3,(H,14,15). The van der Waals surface area contributed by atoms with Crippen molar-refractivity contribution in [2.24, 2.45) is 0 Å². The van der Waals surface area contributed by atoms with Gasteiger partial charge in [0.1, 0.15) is 18.1 Å². The van der Waals surface area contributed by atoms with Gasteiger partial charge >= 0.3 is 0 Å². The number of halogens is 1. The number of hydrogen-bond donors (Lipinski definition) is 1. The Kier molecular flexibility index (Phi) is 4.08. The summed E-state index contributed by atoms with van der Waals surface area (Å²) in [5, 5.41) is 13.4. The minimum atomic E-state index is -0.758. The Morgan fingerprint density at radius 2 is 2.19 bits per heavy atom. The van der Waals surface area contributed by atoms with Gasteiger partial charge in [0.05, 0.1) is 16.4 Å². The van der Waals surface area contributed by atoms with E-state index in [1.807, 2.05) is 0 Å². The molecule has 1 N–H and O–H groups in total. The molecule has 21 heavy (non-hydrogen) atoms. The predicted molar refractivity (Wildman–Crippen MR) is 74.9 cm³/mol. The van der Waals surface area contributed by atoms with Crippen LogP contribution in [0.1, 0.15) is 20.3 Å². The van der Waals surface area contributed by atoms with Crippen LogP contribution in [0.25, 0.3) is 0 Å². The minimum Gasteiger partial charge on any atom is -0.357 e. The molecule has 0 saturated carbocycles. The van der Waals surface area contributed by atoms with E-state index in [0.29, 0.717) is 0 Å². The molecular formula is C12H13ClN4O4. The monoisotopic (exact) mass is 312 g/mol. The highest BCUT2D eigenvalue weighted by atomic mass is 35.5. The Labute approximate surface area is 125 Å². The molecule has 1 aliphatic rings. The Morgan fingerprint density at radius 3 is 2.67 bits per heavy atom. The molecule has 2 rings (SSSR count). The molecule has 1 saturated heterocycles. The number of likely N-dealkylation sites (tertiary alicyclic amines) is 1. The molecule has 0 bridgehead atoms. The van der Waals surface area contributed by atoms with Crippen molar-refractivity contribution in [3.05, 3.63) is 27.4 Å². The molecule has 0 aromatic carbocycles. The van der Waals surface area contributed by atoms with Gasteiger partial charge in [0.25, 0.3) is 11.6 Å². The third kappa shape index (κ3) is 2.94. The van der Waals surface area contributed by atoms with E-state index in [1.54, 1.807) is 13.8 Å². The lowest BCUT2D eigenvalue weighted by Crippen LogP contribution is -2.39. The van der Waals surface area contributed by atoms with E-state index in [0.717, 1.165) is 12.3 Å². The number of imide groups is 1. The van der Waals surface area contributed by atoms with Gasteiger partial charge in [-0.3, -0.25) is 24.6 Å². The fourth-order valence-electron chi connectivity index (χ4n) is 2.11. The number of nitrogens with one attached hydrogen (secondary N) is 1. The lowest BCUT2D eigenvalue weighted by atomic mass is 10.2. The third-order valence-electron chi connectivity index (χ3n) is 3.05. The van der Waals surface area contributed by atoms with Crippen molar-refractivity contribution in [2.45, 2.75) is 32.4 Å². The molecule has 112 valence electrons. The number of aromatic nitrogens is 1. The van der Waals surface area contributed by atoms with Crippen LogP contribution in [0, 0.1) is 10.1 Å². The second kappa shape index (κ2) is 5.65. The SMILES string of the molecule is CC(C)N1C(=O)CC(Nc2ncc([N+](=O)[O-])cc2Cl)C1=O. The molecule has 1 fully saturated rings. The lowest BCUT2D eigenvalue weighted by molar-refractivity contribution is -0.385. The number of anilines is 1. The molecule has 2 amide bonds.